The Hall–Kier alpha value is -4.88. The summed E-state index contributed by atoms with van der Waals surface area (Å²) in [6.07, 6.45) is 1.97. The highest BCUT2D eigenvalue weighted by Gasteiger charge is 2.25. The van der Waals surface area contributed by atoms with E-state index in [0.717, 1.165) is 55.1 Å². The molecular formula is C42H41N3O. The molecule has 0 atom stereocenters. The molecule has 3 heterocycles. The number of furan rings is 1. The lowest BCUT2D eigenvalue weighted by Crippen LogP contribution is -2.11. The van der Waals surface area contributed by atoms with Gasteiger partial charge in [-0.3, -0.25) is 4.98 Å². The van der Waals surface area contributed by atoms with E-state index in [-0.39, 0.29) is 16.2 Å². The van der Waals surface area contributed by atoms with Crippen LogP contribution < -0.4 is 0 Å². The van der Waals surface area contributed by atoms with Crippen molar-refractivity contribution < 1.29 is 4.42 Å². The summed E-state index contributed by atoms with van der Waals surface area (Å²) in [6, 6.07) is 30.5. The van der Waals surface area contributed by atoms with E-state index in [2.05, 4.69) is 140 Å². The Kier molecular flexibility index (Phi) is 6.52. The van der Waals surface area contributed by atoms with Crippen LogP contribution >= 0.6 is 0 Å². The average molecular weight is 604 g/mol. The van der Waals surface area contributed by atoms with Crippen LogP contribution in [0.2, 0.25) is 0 Å². The topological polar surface area (TPSA) is 54.8 Å². The molecule has 0 unspecified atom stereocenters. The quantitative estimate of drug-likeness (QED) is 0.197. The minimum Gasteiger partial charge on any atom is -0.453 e. The summed E-state index contributed by atoms with van der Waals surface area (Å²) in [7, 11) is 0. The number of hydrogen-bond acceptors (Lipinski definition) is 3. The maximum atomic E-state index is 10.6. The molecule has 4 aromatic carbocycles. The van der Waals surface area contributed by atoms with Crippen molar-refractivity contribution in [2.24, 2.45) is 0 Å². The van der Waals surface area contributed by atoms with Gasteiger partial charge < -0.3 is 8.98 Å². The van der Waals surface area contributed by atoms with Crippen molar-refractivity contribution in [2.45, 2.75) is 78.6 Å². The van der Waals surface area contributed by atoms with Gasteiger partial charge in [0.2, 0.25) is 0 Å². The van der Waals surface area contributed by atoms with E-state index in [1.54, 1.807) is 0 Å². The van der Waals surface area contributed by atoms with Gasteiger partial charge >= 0.3 is 0 Å². The van der Waals surface area contributed by atoms with Crippen molar-refractivity contribution in [3.05, 3.63) is 107 Å². The molecule has 0 amide bonds. The highest BCUT2D eigenvalue weighted by molar-refractivity contribution is 6.15. The predicted octanol–water partition coefficient (Wildman–Crippen LogP) is 11.5. The summed E-state index contributed by atoms with van der Waals surface area (Å²) in [5, 5.41) is 14.9. The average Bonchev–Trinajstić information content (AvgIpc) is 3.54. The Balaban J connectivity index is 1.59. The Morgan fingerprint density at radius 1 is 0.609 bits per heavy atom. The molecule has 3 aromatic heterocycles. The minimum absolute atomic E-state index is 0.0154. The van der Waals surface area contributed by atoms with Crippen LogP contribution in [0.3, 0.4) is 0 Å². The second-order valence-electron chi connectivity index (χ2n) is 15.7. The standard InChI is InChI=1S/C42H41N3O/c1-40(2,3)26-14-18-29-30-19-15-27(41(4,5)6)22-36(30)45(35(29)21-26)37-25(23-43)13-17-32-31-11-10-12-33(38(31)46-39(32)37)34-20-16-28(24-44-34)42(7,8)9/h10-22,24H,1-9H3. The van der Waals surface area contributed by atoms with Gasteiger partial charge in [0.25, 0.3) is 0 Å². The Bertz CT molecular complexity index is 2290. The van der Waals surface area contributed by atoms with Crippen molar-refractivity contribution in [3.8, 4) is 23.0 Å². The van der Waals surface area contributed by atoms with Gasteiger partial charge in [-0.25, -0.2) is 0 Å². The summed E-state index contributed by atoms with van der Waals surface area (Å²) in [5.74, 6) is 0. The zero-order chi connectivity index (χ0) is 32.8. The maximum Gasteiger partial charge on any atom is 0.160 e. The third-order valence-corrected chi connectivity index (χ3v) is 9.39. The van der Waals surface area contributed by atoms with Gasteiger partial charge in [0.05, 0.1) is 22.3 Å². The molecule has 4 nitrogen and oxygen atoms in total. The molecule has 0 aliphatic heterocycles. The molecule has 4 heteroatoms. The van der Waals surface area contributed by atoms with E-state index in [0.29, 0.717) is 11.1 Å². The van der Waals surface area contributed by atoms with Crippen LogP contribution in [0.5, 0.6) is 0 Å². The second kappa shape index (κ2) is 10.1. The van der Waals surface area contributed by atoms with E-state index in [4.69, 9.17) is 9.40 Å². The van der Waals surface area contributed by atoms with Crippen LogP contribution in [0.4, 0.5) is 0 Å². The Labute approximate surface area is 271 Å². The van der Waals surface area contributed by atoms with E-state index < -0.39 is 0 Å². The second-order valence-corrected chi connectivity index (χ2v) is 15.7. The monoisotopic (exact) mass is 603 g/mol. The van der Waals surface area contributed by atoms with Crippen LogP contribution in [-0.4, -0.2) is 9.55 Å². The third-order valence-electron chi connectivity index (χ3n) is 9.39. The highest BCUT2D eigenvalue weighted by Crippen LogP contribution is 2.43. The fraction of sp³-hybridized carbons (Fsp3) is 0.286. The number of para-hydroxylation sites is 1. The fourth-order valence-electron chi connectivity index (χ4n) is 6.55. The van der Waals surface area contributed by atoms with Crippen LogP contribution in [0.1, 0.15) is 84.6 Å². The number of fused-ring (bicyclic) bond motifs is 6. The lowest BCUT2D eigenvalue weighted by molar-refractivity contribution is 0.587. The minimum atomic E-state index is -0.0418. The van der Waals surface area contributed by atoms with Gasteiger partial charge in [-0.1, -0.05) is 105 Å². The number of rotatable bonds is 2. The summed E-state index contributed by atoms with van der Waals surface area (Å²) >= 11 is 0. The molecular weight excluding hydrogens is 562 g/mol. The van der Waals surface area contributed by atoms with E-state index >= 15 is 0 Å². The third kappa shape index (κ3) is 4.69. The largest absolute Gasteiger partial charge is 0.453 e. The van der Waals surface area contributed by atoms with Crippen LogP contribution in [0.15, 0.2) is 89.5 Å². The molecule has 230 valence electrons. The Morgan fingerprint density at radius 3 is 1.67 bits per heavy atom. The van der Waals surface area contributed by atoms with Crippen LogP contribution in [0.25, 0.3) is 60.7 Å². The van der Waals surface area contributed by atoms with Crippen molar-refractivity contribution in [1.82, 2.24) is 9.55 Å². The number of nitrogens with zero attached hydrogens (tertiary/aromatic N) is 3. The molecule has 0 N–H and O–H groups in total. The molecule has 0 saturated heterocycles. The first-order valence-electron chi connectivity index (χ1n) is 16.1. The number of hydrogen-bond donors (Lipinski definition) is 0. The summed E-state index contributed by atoms with van der Waals surface area (Å²) < 4.78 is 9.19. The molecule has 0 fully saturated rings. The molecule has 7 aromatic rings. The lowest BCUT2D eigenvalue weighted by atomic mass is 9.86. The van der Waals surface area contributed by atoms with E-state index in [1.807, 2.05) is 18.3 Å². The van der Waals surface area contributed by atoms with E-state index in [1.165, 1.54) is 16.7 Å². The normalized spacial score (nSPS) is 12.9. The first-order chi connectivity index (χ1) is 21.7. The van der Waals surface area contributed by atoms with Crippen molar-refractivity contribution in [2.75, 3.05) is 0 Å². The van der Waals surface area contributed by atoms with Gasteiger partial charge in [-0.15, -0.1) is 0 Å². The molecule has 46 heavy (non-hydrogen) atoms. The highest BCUT2D eigenvalue weighted by atomic mass is 16.3. The van der Waals surface area contributed by atoms with Gasteiger partial charge in [0.1, 0.15) is 17.3 Å². The SMILES string of the molecule is CC(C)(C)c1ccc(-c2cccc3c2oc2c(-n4c5cc(C(C)(C)C)ccc5c5ccc(C(C)(C)C)cc54)c(C#N)ccc23)nc1. The molecule has 0 bridgehead atoms. The van der Waals surface area contributed by atoms with Crippen LogP contribution in [-0.2, 0) is 16.2 Å². The van der Waals surface area contributed by atoms with Gasteiger partial charge in [-0.2, -0.15) is 5.26 Å². The van der Waals surface area contributed by atoms with Crippen molar-refractivity contribution >= 4 is 43.7 Å². The first-order valence-corrected chi connectivity index (χ1v) is 16.1. The molecule has 0 saturated carbocycles. The van der Waals surface area contributed by atoms with Crippen LogP contribution in [0, 0.1) is 11.3 Å². The Morgan fingerprint density at radius 2 is 1.15 bits per heavy atom. The molecule has 0 spiro atoms. The molecule has 7 rings (SSSR count). The van der Waals surface area contributed by atoms with Gasteiger partial charge in [-0.05, 0) is 69.3 Å². The smallest absolute Gasteiger partial charge is 0.160 e. The van der Waals surface area contributed by atoms with Gasteiger partial charge in [0, 0.05) is 33.3 Å². The summed E-state index contributed by atoms with van der Waals surface area (Å²) in [4.78, 5) is 4.87. The molecule has 0 aliphatic carbocycles. The van der Waals surface area contributed by atoms with Crippen molar-refractivity contribution in [3.63, 3.8) is 0 Å². The zero-order valence-electron chi connectivity index (χ0n) is 28.3. The molecule has 0 aliphatic rings. The number of nitriles is 1. The first kappa shape index (κ1) is 29.8. The predicted molar refractivity (Wildman–Crippen MR) is 192 cm³/mol. The summed E-state index contributed by atoms with van der Waals surface area (Å²) in [5.41, 5.74) is 10.3. The van der Waals surface area contributed by atoms with Crippen molar-refractivity contribution in [1.29, 1.82) is 5.26 Å². The number of pyridine rings is 1. The number of benzene rings is 4. The van der Waals surface area contributed by atoms with E-state index in [9.17, 15) is 5.26 Å². The summed E-state index contributed by atoms with van der Waals surface area (Å²) in [6.45, 7) is 20.0. The zero-order valence-corrected chi connectivity index (χ0v) is 28.3. The number of aromatic nitrogens is 2. The maximum absolute atomic E-state index is 10.6. The lowest BCUT2D eigenvalue weighted by Gasteiger charge is -2.20. The fourth-order valence-corrected chi connectivity index (χ4v) is 6.55. The molecule has 0 radical (unpaired) electrons. The van der Waals surface area contributed by atoms with Gasteiger partial charge in [0.15, 0.2) is 5.58 Å².